The van der Waals surface area contributed by atoms with Gasteiger partial charge in [-0.05, 0) is 36.3 Å². The molecule has 0 unspecified atom stereocenters. The van der Waals surface area contributed by atoms with Crippen molar-refractivity contribution in [3.05, 3.63) is 57.5 Å². The van der Waals surface area contributed by atoms with Gasteiger partial charge >= 0.3 is 0 Å². The van der Waals surface area contributed by atoms with Crippen molar-refractivity contribution in [2.75, 3.05) is 19.6 Å². The van der Waals surface area contributed by atoms with Crippen LogP contribution < -0.4 is 20.5 Å². The molecule has 1 aromatic carbocycles. The molecule has 2 heterocycles. The lowest BCUT2D eigenvalue weighted by molar-refractivity contribution is -0.112. The molecule has 3 rings (SSSR count). The van der Waals surface area contributed by atoms with Crippen molar-refractivity contribution >= 4 is 33.5 Å². The maximum absolute atomic E-state index is 12.5. The second kappa shape index (κ2) is 8.05. The number of aryl methyl sites for hydroxylation is 1. The smallest absolute Gasteiger partial charge is 0.280 e. The van der Waals surface area contributed by atoms with Gasteiger partial charge in [-0.15, -0.1) is 11.3 Å². The molecule has 7 nitrogen and oxygen atoms in total. The van der Waals surface area contributed by atoms with Crippen LogP contribution in [-0.2, 0) is 11.2 Å². The fourth-order valence-corrected chi connectivity index (χ4v) is 3.41. The highest BCUT2D eigenvalue weighted by molar-refractivity contribution is 7.18. The molecule has 1 amide bonds. The average Bonchev–Trinajstić information content (AvgIpc) is 3.12. The molecule has 0 bridgehead atoms. The SMILES string of the molecule is CCc1cc2c(=O)n(NC(=O)/C=C/c3cc(OC)cc(OC)c3)cnc2s1. The summed E-state index contributed by atoms with van der Waals surface area (Å²) in [5, 5.41) is 0.501. The number of carbonyl (C=O) groups excluding carboxylic acids is 1. The fourth-order valence-electron chi connectivity index (χ4n) is 2.48. The fraction of sp³-hybridized carbons (Fsp3) is 0.211. The topological polar surface area (TPSA) is 82.5 Å². The summed E-state index contributed by atoms with van der Waals surface area (Å²) in [6.07, 6.45) is 5.09. The van der Waals surface area contributed by atoms with Gasteiger partial charge in [-0.1, -0.05) is 6.92 Å². The van der Waals surface area contributed by atoms with Gasteiger partial charge in [-0.25, -0.2) is 9.66 Å². The number of thiophene rings is 1. The number of methoxy groups -OCH3 is 2. The lowest BCUT2D eigenvalue weighted by Crippen LogP contribution is -2.32. The number of hydrogen-bond donors (Lipinski definition) is 1. The van der Waals surface area contributed by atoms with E-state index in [0.29, 0.717) is 21.7 Å². The molecule has 27 heavy (non-hydrogen) atoms. The normalized spacial score (nSPS) is 11.1. The van der Waals surface area contributed by atoms with Crippen molar-refractivity contribution in [2.24, 2.45) is 0 Å². The Hall–Kier alpha value is -3.13. The van der Waals surface area contributed by atoms with Crippen LogP contribution in [0.25, 0.3) is 16.3 Å². The van der Waals surface area contributed by atoms with Gasteiger partial charge in [0.25, 0.3) is 11.5 Å². The van der Waals surface area contributed by atoms with Crippen molar-refractivity contribution in [3.63, 3.8) is 0 Å². The van der Waals surface area contributed by atoms with Gasteiger partial charge in [-0.3, -0.25) is 15.0 Å². The van der Waals surface area contributed by atoms with Crippen molar-refractivity contribution in [1.82, 2.24) is 9.66 Å². The van der Waals surface area contributed by atoms with E-state index < -0.39 is 5.91 Å². The third-order valence-corrected chi connectivity index (χ3v) is 5.07. The molecule has 140 valence electrons. The van der Waals surface area contributed by atoms with Crippen molar-refractivity contribution in [2.45, 2.75) is 13.3 Å². The minimum atomic E-state index is -0.453. The Bertz CT molecular complexity index is 1050. The van der Waals surface area contributed by atoms with Crippen molar-refractivity contribution < 1.29 is 14.3 Å². The predicted molar refractivity (Wildman–Crippen MR) is 106 cm³/mol. The first-order valence-corrected chi connectivity index (χ1v) is 9.08. The standard InChI is InChI=1S/C19H19N3O4S/c1-4-15-10-16-18(27-15)20-11-22(19(16)24)21-17(23)6-5-12-7-13(25-2)9-14(8-12)26-3/h5-11H,4H2,1-3H3,(H,21,23)/b6-5+. The lowest BCUT2D eigenvalue weighted by Gasteiger charge is -2.06. The zero-order valence-electron chi connectivity index (χ0n) is 15.2. The summed E-state index contributed by atoms with van der Waals surface area (Å²) in [6, 6.07) is 7.09. The van der Waals surface area contributed by atoms with Gasteiger partial charge in [0.05, 0.1) is 19.6 Å². The zero-order valence-corrected chi connectivity index (χ0v) is 16.0. The summed E-state index contributed by atoms with van der Waals surface area (Å²) in [5.74, 6) is 0.778. The van der Waals surface area contributed by atoms with Gasteiger partial charge in [0, 0.05) is 17.0 Å². The third kappa shape index (κ3) is 4.17. The number of amides is 1. The molecular weight excluding hydrogens is 366 g/mol. The predicted octanol–water partition coefficient (Wildman–Crippen LogP) is 2.82. The first-order valence-electron chi connectivity index (χ1n) is 8.26. The molecule has 0 aliphatic rings. The summed E-state index contributed by atoms with van der Waals surface area (Å²) < 4.78 is 11.5. The van der Waals surface area contributed by atoms with E-state index in [2.05, 4.69) is 10.4 Å². The number of rotatable bonds is 6. The molecule has 3 aromatic rings. The molecule has 0 saturated heterocycles. The molecule has 0 atom stereocenters. The van der Waals surface area contributed by atoms with E-state index in [-0.39, 0.29) is 5.56 Å². The number of ether oxygens (including phenoxy) is 2. The lowest BCUT2D eigenvalue weighted by atomic mass is 10.2. The first-order chi connectivity index (χ1) is 13.0. The highest BCUT2D eigenvalue weighted by atomic mass is 32.1. The average molecular weight is 385 g/mol. The summed E-state index contributed by atoms with van der Waals surface area (Å²) in [7, 11) is 3.11. The monoisotopic (exact) mass is 385 g/mol. The highest BCUT2D eigenvalue weighted by Crippen LogP contribution is 2.23. The second-order valence-corrected chi connectivity index (χ2v) is 6.78. The second-order valence-electron chi connectivity index (χ2n) is 5.66. The number of aromatic nitrogens is 2. The third-order valence-electron chi connectivity index (χ3n) is 3.88. The van der Waals surface area contributed by atoms with Gasteiger partial charge in [-0.2, -0.15) is 0 Å². The molecule has 0 radical (unpaired) electrons. The maximum atomic E-state index is 12.5. The Morgan fingerprint density at radius 2 is 1.93 bits per heavy atom. The Morgan fingerprint density at radius 1 is 1.22 bits per heavy atom. The first kappa shape index (κ1) is 18.7. The molecular formula is C19H19N3O4S. The van der Waals surface area contributed by atoms with E-state index in [1.54, 1.807) is 38.5 Å². The van der Waals surface area contributed by atoms with E-state index >= 15 is 0 Å². The number of benzene rings is 1. The molecule has 8 heteroatoms. The van der Waals surface area contributed by atoms with Crippen molar-refractivity contribution in [3.8, 4) is 11.5 Å². The summed E-state index contributed by atoms with van der Waals surface area (Å²) in [5.41, 5.74) is 2.94. The van der Waals surface area contributed by atoms with Crippen LogP contribution in [0.3, 0.4) is 0 Å². The molecule has 1 N–H and O–H groups in total. The largest absolute Gasteiger partial charge is 0.497 e. The van der Waals surface area contributed by atoms with Crippen LogP contribution in [0.1, 0.15) is 17.4 Å². The van der Waals surface area contributed by atoms with Crippen LogP contribution in [0.2, 0.25) is 0 Å². The van der Waals surface area contributed by atoms with Crippen LogP contribution in [0, 0.1) is 0 Å². The van der Waals surface area contributed by atoms with Gasteiger partial charge < -0.3 is 9.47 Å². The minimum absolute atomic E-state index is 0.305. The Labute approximate surface area is 159 Å². The highest BCUT2D eigenvalue weighted by Gasteiger charge is 2.09. The number of nitrogens with one attached hydrogen (secondary N) is 1. The van der Waals surface area contributed by atoms with E-state index in [0.717, 1.165) is 21.5 Å². The molecule has 0 aliphatic heterocycles. The van der Waals surface area contributed by atoms with E-state index in [1.807, 2.05) is 13.0 Å². The van der Waals surface area contributed by atoms with Gasteiger partial charge in [0.2, 0.25) is 0 Å². The molecule has 0 aliphatic carbocycles. The minimum Gasteiger partial charge on any atom is -0.497 e. The van der Waals surface area contributed by atoms with Gasteiger partial charge in [0.15, 0.2) is 0 Å². The van der Waals surface area contributed by atoms with E-state index in [1.165, 1.54) is 23.7 Å². The number of carbonyl (C=O) groups is 1. The quantitative estimate of drug-likeness (QED) is 0.660. The Kier molecular flexibility index (Phi) is 5.56. The van der Waals surface area contributed by atoms with Crippen molar-refractivity contribution in [1.29, 1.82) is 0 Å². The van der Waals surface area contributed by atoms with E-state index in [9.17, 15) is 9.59 Å². The molecule has 0 fully saturated rings. The van der Waals surface area contributed by atoms with Crippen LogP contribution in [-0.4, -0.2) is 29.8 Å². The van der Waals surface area contributed by atoms with Crippen LogP contribution >= 0.6 is 11.3 Å². The number of fused-ring (bicyclic) bond motifs is 1. The number of nitrogens with zero attached hydrogens (tertiary/aromatic N) is 2. The van der Waals surface area contributed by atoms with Gasteiger partial charge in [0.1, 0.15) is 22.7 Å². The summed E-state index contributed by atoms with van der Waals surface area (Å²) in [6.45, 7) is 2.02. The summed E-state index contributed by atoms with van der Waals surface area (Å²) >= 11 is 1.48. The van der Waals surface area contributed by atoms with Crippen LogP contribution in [0.5, 0.6) is 11.5 Å². The molecule has 0 spiro atoms. The Morgan fingerprint density at radius 3 is 2.56 bits per heavy atom. The Balaban J connectivity index is 1.80. The zero-order chi connectivity index (χ0) is 19.4. The maximum Gasteiger partial charge on any atom is 0.280 e. The summed E-state index contributed by atoms with van der Waals surface area (Å²) in [4.78, 5) is 30.7. The molecule has 0 saturated carbocycles. The van der Waals surface area contributed by atoms with Crippen LogP contribution in [0.15, 0.2) is 41.5 Å². The number of hydrogen-bond acceptors (Lipinski definition) is 6. The molecule has 2 aromatic heterocycles. The van der Waals surface area contributed by atoms with Crippen LogP contribution in [0.4, 0.5) is 0 Å². The van der Waals surface area contributed by atoms with E-state index in [4.69, 9.17) is 9.47 Å².